The largest absolute Gasteiger partial charge is 0.497 e. The highest BCUT2D eigenvalue weighted by Gasteiger charge is 2.43. The molecule has 1 N–H and O–H groups in total. The van der Waals surface area contributed by atoms with E-state index in [1.54, 1.807) is 25.2 Å². The van der Waals surface area contributed by atoms with Crippen LogP contribution in [0, 0.1) is 5.92 Å². The number of ether oxygens (including phenoxy) is 3. The molecule has 2 atom stereocenters. The number of hydrogen-bond donors (Lipinski definition) is 1. The molecule has 5 rings (SSSR count). The zero-order valence-electron chi connectivity index (χ0n) is 17.7. The summed E-state index contributed by atoms with van der Waals surface area (Å²) in [5.74, 6) is 1.69. The Labute approximate surface area is 181 Å². The number of nitrogens with one attached hydrogen (secondary N) is 1. The van der Waals surface area contributed by atoms with Crippen LogP contribution >= 0.6 is 0 Å². The first-order valence-electron chi connectivity index (χ1n) is 10.7. The van der Waals surface area contributed by atoms with Gasteiger partial charge < -0.3 is 24.4 Å². The third-order valence-corrected chi connectivity index (χ3v) is 6.32. The number of hydrogen-bond acceptors (Lipinski definition) is 5. The third kappa shape index (κ3) is 3.74. The number of carbonyl (C=O) groups excluding carboxylic acids is 2. The minimum absolute atomic E-state index is 0.0910. The molecular weight excluding hydrogens is 396 g/mol. The molecule has 2 aromatic rings. The van der Waals surface area contributed by atoms with Crippen LogP contribution < -0.4 is 14.8 Å². The highest BCUT2D eigenvalue weighted by Crippen LogP contribution is 2.37. The van der Waals surface area contributed by atoms with Gasteiger partial charge in [-0.2, -0.15) is 0 Å². The van der Waals surface area contributed by atoms with Gasteiger partial charge in [-0.05, 0) is 48.6 Å². The second-order valence-corrected chi connectivity index (χ2v) is 8.42. The van der Waals surface area contributed by atoms with Gasteiger partial charge in [-0.25, -0.2) is 0 Å². The van der Waals surface area contributed by atoms with Gasteiger partial charge in [0.25, 0.3) is 5.91 Å². The van der Waals surface area contributed by atoms with Crippen molar-refractivity contribution in [3.05, 3.63) is 42.0 Å². The number of nitrogens with zero attached hydrogens (tertiary/aromatic N) is 1. The monoisotopic (exact) mass is 422 g/mol. The van der Waals surface area contributed by atoms with E-state index >= 15 is 0 Å². The number of amides is 2. The van der Waals surface area contributed by atoms with E-state index in [9.17, 15) is 9.59 Å². The normalized spacial score (nSPS) is 22.5. The van der Waals surface area contributed by atoms with Crippen LogP contribution in [0.3, 0.4) is 0 Å². The molecule has 1 aliphatic carbocycles. The first kappa shape index (κ1) is 19.9. The molecule has 0 aromatic heterocycles. The molecule has 31 heavy (non-hydrogen) atoms. The van der Waals surface area contributed by atoms with E-state index in [2.05, 4.69) is 5.32 Å². The van der Waals surface area contributed by atoms with Crippen LogP contribution in [-0.2, 0) is 9.53 Å². The summed E-state index contributed by atoms with van der Waals surface area (Å²) < 4.78 is 16.8. The SMILES string of the molecule is COc1ccc(-c2ccc3c(c2)C(=O)N2CC(OCC4CC4)CC2C(=O)N3)c(OC)c1. The maximum Gasteiger partial charge on any atom is 0.256 e. The Morgan fingerprint density at radius 2 is 1.87 bits per heavy atom. The Balaban J connectivity index is 1.45. The summed E-state index contributed by atoms with van der Waals surface area (Å²) in [6.07, 6.45) is 2.87. The minimum Gasteiger partial charge on any atom is -0.497 e. The van der Waals surface area contributed by atoms with Crippen molar-refractivity contribution >= 4 is 17.5 Å². The molecule has 7 heteroatoms. The Hall–Kier alpha value is -3.06. The summed E-state index contributed by atoms with van der Waals surface area (Å²) in [5, 5.41) is 2.94. The molecule has 1 saturated carbocycles. The number of carbonyl (C=O) groups is 2. The van der Waals surface area contributed by atoms with Crippen LogP contribution in [0.15, 0.2) is 36.4 Å². The average Bonchev–Trinajstić information content (AvgIpc) is 3.54. The van der Waals surface area contributed by atoms with E-state index < -0.39 is 6.04 Å². The van der Waals surface area contributed by atoms with Crippen LogP contribution in [0.25, 0.3) is 11.1 Å². The summed E-state index contributed by atoms with van der Waals surface area (Å²) in [5.41, 5.74) is 2.70. The van der Waals surface area contributed by atoms with Gasteiger partial charge in [0.15, 0.2) is 0 Å². The number of fused-ring (bicyclic) bond motifs is 2. The van der Waals surface area contributed by atoms with Crippen molar-refractivity contribution in [1.29, 1.82) is 0 Å². The van der Waals surface area contributed by atoms with Crippen LogP contribution in [0.1, 0.15) is 29.6 Å². The van der Waals surface area contributed by atoms with Gasteiger partial charge in [0.2, 0.25) is 5.91 Å². The van der Waals surface area contributed by atoms with Gasteiger partial charge >= 0.3 is 0 Å². The molecule has 3 aliphatic rings. The lowest BCUT2D eigenvalue weighted by Crippen LogP contribution is -2.40. The highest BCUT2D eigenvalue weighted by molar-refractivity contribution is 6.10. The molecule has 2 unspecified atom stereocenters. The topological polar surface area (TPSA) is 77.1 Å². The van der Waals surface area contributed by atoms with Gasteiger partial charge in [-0.15, -0.1) is 0 Å². The van der Waals surface area contributed by atoms with Crippen LogP contribution in [0.2, 0.25) is 0 Å². The fourth-order valence-electron chi connectivity index (χ4n) is 4.35. The number of methoxy groups -OCH3 is 2. The molecule has 2 heterocycles. The van der Waals surface area contributed by atoms with Gasteiger partial charge in [0.05, 0.1) is 31.6 Å². The van der Waals surface area contributed by atoms with Gasteiger partial charge in [-0.3, -0.25) is 9.59 Å². The van der Waals surface area contributed by atoms with Gasteiger partial charge in [-0.1, -0.05) is 6.07 Å². The lowest BCUT2D eigenvalue weighted by molar-refractivity contribution is -0.119. The fourth-order valence-corrected chi connectivity index (χ4v) is 4.35. The van der Waals surface area contributed by atoms with E-state index in [1.165, 1.54) is 12.8 Å². The van der Waals surface area contributed by atoms with Crippen molar-refractivity contribution < 1.29 is 23.8 Å². The maximum atomic E-state index is 13.4. The molecule has 1 saturated heterocycles. The maximum absolute atomic E-state index is 13.4. The molecule has 2 aromatic carbocycles. The van der Waals surface area contributed by atoms with E-state index in [4.69, 9.17) is 14.2 Å². The standard InChI is InChI=1S/C24H26N2O5/c1-29-16-6-7-18(22(11-16)30-2)15-5-8-20-19(9-15)24(28)26-12-17(31-13-14-3-4-14)10-21(26)23(27)25-20/h5-9,11,14,17,21H,3-4,10,12-13H2,1-2H3,(H,25,27). The lowest BCUT2D eigenvalue weighted by Gasteiger charge is -2.20. The number of rotatable bonds is 6. The quantitative estimate of drug-likeness (QED) is 0.773. The lowest BCUT2D eigenvalue weighted by atomic mass is 10.00. The average molecular weight is 422 g/mol. The van der Waals surface area contributed by atoms with E-state index in [1.807, 2.05) is 30.3 Å². The zero-order valence-corrected chi connectivity index (χ0v) is 17.7. The second kappa shape index (κ2) is 7.89. The second-order valence-electron chi connectivity index (χ2n) is 8.42. The molecule has 162 valence electrons. The van der Waals surface area contributed by atoms with Crippen LogP contribution in [0.5, 0.6) is 11.5 Å². The number of benzene rings is 2. The van der Waals surface area contributed by atoms with Crippen molar-refractivity contribution in [2.24, 2.45) is 5.92 Å². The first-order valence-corrected chi connectivity index (χ1v) is 10.7. The molecule has 0 bridgehead atoms. The van der Waals surface area contributed by atoms with Gasteiger partial charge in [0.1, 0.15) is 17.5 Å². The predicted molar refractivity (Wildman–Crippen MR) is 116 cm³/mol. The molecule has 2 amide bonds. The summed E-state index contributed by atoms with van der Waals surface area (Å²) in [6, 6.07) is 10.6. The Morgan fingerprint density at radius 3 is 2.61 bits per heavy atom. The molecule has 2 aliphatic heterocycles. The van der Waals surface area contributed by atoms with Crippen LogP contribution in [0.4, 0.5) is 5.69 Å². The van der Waals surface area contributed by atoms with Crippen molar-refractivity contribution in [1.82, 2.24) is 4.90 Å². The van der Waals surface area contributed by atoms with Gasteiger partial charge in [0, 0.05) is 31.2 Å². The van der Waals surface area contributed by atoms with Crippen molar-refractivity contribution in [2.75, 3.05) is 32.7 Å². The molecule has 0 radical (unpaired) electrons. The van der Waals surface area contributed by atoms with E-state index in [0.717, 1.165) is 17.7 Å². The van der Waals surface area contributed by atoms with Crippen LogP contribution in [-0.4, -0.2) is 56.2 Å². The smallest absolute Gasteiger partial charge is 0.256 e. The van der Waals surface area contributed by atoms with Crippen molar-refractivity contribution in [2.45, 2.75) is 31.4 Å². The Bertz CT molecular complexity index is 1030. The van der Waals surface area contributed by atoms with Crippen molar-refractivity contribution in [3.63, 3.8) is 0 Å². The number of anilines is 1. The zero-order chi connectivity index (χ0) is 21.5. The molecule has 0 spiro atoms. The third-order valence-electron chi connectivity index (χ3n) is 6.32. The highest BCUT2D eigenvalue weighted by atomic mass is 16.5. The summed E-state index contributed by atoms with van der Waals surface area (Å²) in [7, 11) is 3.20. The molecule has 2 fully saturated rings. The summed E-state index contributed by atoms with van der Waals surface area (Å²) >= 11 is 0. The fraction of sp³-hybridized carbons (Fsp3) is 0.417. The Kier molecular flexibility index (Phi) is 5.06. The Morgan fingerprint density at radius 1 is 1.03 bits per heavy atom. The molecule has 7 nitrogen and oxygen atoms in total. The summed E-state index contributed by atoms with van der Waals surface area (Å²) in [6.45, 7) is 1.16. The minimum atomic E-state index is -0.497. The van der Waals surface area contributed by atoms with E-state index in [-0.39, 0.29) is 17.9 Å². The summed E-state index contributed by atoms with van der Waals surface area (Å²) in [4.78, 5) is 27.9. The van der Waals surface area contributed by atoms with Crippen molar-refractivity contribution in [3.8, 4) is 22.6 Å². The molecular formula is C24H26N2O5. The first-order chi connectivity index (χ1) is 15.1. The predicted octanol–water partition coefficient (Wildman–Crippen LogP) is 3.33. The van der Waals surface area contributed by atoms with E-state index in [0.29, 0.717) is 41.6 Å².